The van der Waals surface area contributed by atoms with Crippen molar-refractivity contribution in [3.63, 3.8) is 0 Å². The van der Waals surface area contributed by atoms with Crippen LogP contribution in [0.1, 0.15) is 26.2 Å². The Balaban J connectivity index is 2.01. The Labute approximate surface area is 122 Å². The lowest BCUT2D eigenvalue weighted by Gasteiger charge is -2.21. The van der Waals surface area contributed by atoms with Crippen molar-refractivity contribution in [3.8, 4) is 0 Å². The van der Waals surface area contributed by atoms with Gasteiger partial charge in [0.1, 0.15) is 5.82 Å². The largest absolute Gasteiger partial charge is 0.417 e. The maximum atomic E-state index is 11.6. The smallest absolute Gasteiger partial charge is 0.391 e. The summed E-state index contributed by atoms with van der Waals surface area (Å²) in [4.78, 5) is 15.7. The summed E-state index contributed by atoms with van der Waals surface area (Å²) < 4.78 is 4.58. The number of anilines is 1. The number of nitrogens with one attached hydrogen (secondary N) is 1. The molecule has 0 aliphatic rings. The van der Waals surface area contributed by atoms with E-state index >= 15 is 0 Å². The number of pyridine rings is 1. The van der Waals surface area contributed by atoms with Crippen LogP contribution in [0.5, 0.6) is 0 Å². The molecule has 1 aromatic carbocycles. The van der Waals surface area contributed by atoms with Crippen molar-refractivity contribution in [2.24, 2.45) is 0 Å². The molecule has 0 bridgehead atoms. The number of benzene rings is 1. The van der Waals surface area contributed by atoms with Gasteiger partial charge >= 0.3 is 12.1 Å². The van der Waals surface area contributed by atoms with Crippen LogP contribution in [-0.2, 0) is 4.74 Å². The third kappa shape index (κ3) is 4.40. The van der Waals surface area contributed by atoms with Crippen LogP contribution in [-0.4, -0.2) is 27.3 Å². The fourth-order valence-electron chi connectivity index (χ4n) is 1.89. The molecule has 3 N–H and O–H groups in total. The average molecular weight is 290 g/mol. The summed E-state index contributed by atoms with van der Waals surface area (Å²) in [5, 5.41) is 23.3. The van der Waals surface area contributed by atoms with Gasteiger partial charge in [-0.2, -0.15) is 0 Å². The van der Waals surface area contributed by atoms with Crippen molar-refractivity contribution in [2.75, 3.05) is 5.32 Å². The second-order valence-corrected chi connectivity index (χ2v) is 4.78. The zero-order chi connectivity index (χ0) is 15.3. The van der Waals surface area contributed by atoms with E-state index in [0.717, 1.165) is 17.2 Å². The van der Waals surface area contributed by atoms with Gasteiger partial charge in [0.15, 0.2) is 0 Å². The molecule has 0 spiro atoms. The van der Waals surface area contributed by atoms with Gasteiger partial charge in [0.2, 0.25) is 0 Å². The Bertz CT molecular complexity index is 628. The lowest BCUT2D eigenvalue weighted by Crippen LogP contribution is -2.36. The molecule has 0 aliphatic carbocycles. The molecule has 21 heavy (non-hydrogen) atoms. The minimum Gasteiger partial charge on any atom is -0.391 e. The number of unbranched alkanes of at least 4 members (excludes halogenated alkanes) is 1. The predicted octanol–water partition coefficient (Wildman–Crippen LogP) is 2.61. The predicted molar refractivity (Wildman–Crippen MR) is 78.5 cm³/mol. The first-order valence-electron chi connectivity index (χ1n) is 6.80. The Hall–Kier alpha value is -2.18. The number of hydrogen-bond donors (Lipinski definition) is 3. The Morgan fingerprint density at radius 3 is 2.76 bits per heavy atom. The van der Waals surface area contributed by atoms with Crippen LogP contribution in [0.2, 0.25) is 0 Å². The number of aliphatic hydroxyl groups is 2. The lowest BCUT2D eigenvalue weighted by atomic mass is 10.2. The summed E-state index contributed by atoms with van der Waals surface area (Å²) in [6, 6.07) is 9.24. The van der Waals surface area contributed by atoms with Crippen molar-refractivity contribution in [3.05, 3.63) is 36.5 Å². The number of carbonyl (C=O) groups is 1. The fourth-order valence-corrected chi connectivity index (χ4v) is 1.89. The zero-order valence-corrected chi connectivity index (χ0v) is 11.7. The highest BCUT2D eigenvalue weighted by Crippen LogP contribution is 2.17. The summed E-state index contributed by atoms with van der Waals surface area (Å²) in [6.45, 7) is 1.90. The van der Waals surface area contributed by atoms with E-state index in [2.05, 4.69) is 15.0 Å². The van der Waals surface area contributed by atoms with Crippen molar-refractivity contribution in [1.29, 1.82) is 0 Å². The van der Waals surface area contributed by atoms with E-state index in [-0.39, 0.29) is 12.2 Å². The molecule has 6 nitrogen and oxygen atoms in total. The number of hydrogen-bond acceptors (Lipinski definition) is 5. The second-order valence-electron chi connectivity index (χ2n) is 4.78. The molecular weight excluding hydrogens is 272 g/mol. The van der Waals surface area contributed by atoms with Crippen LogP contribution >= 0.6 is 0 Å². The third-order valence-electron chi connectivity index (χ3n) is 2.97. The molecule has 1 amide bonds. The molecule has 0 fully saturated rings. The van der Waals surface area contributed by atoms with E-state index in [4.69, 9.17) is 0 Å². The van der Waals surface area contributed by atoms with Crippen LogP contribution in [0.25, 0.3) is 10.8 Å². The van der Waals surface area contributed by atoms with Gasteiger partial charge in [-0.1, -0.05) is 37.6 Å². The summed E-state index contributed by atoms with van der Waals surface area (Å²) in [5.41, 5.74) is 0. The molecular formula is C15H18N2O4. The second kappa shape index (κ2) is 6.51. The summed E-state index contributed by atoms with van der Waals surface area (Å²) in [6.07, 6.45) is 1.92. The average Bonchev–Trinajstić information content (AvgIpc) is 2.44. The highest BCUT2D eigenvalue weighted by Gasteiger charge is 2.27. The van der Waals surface area contributed by atoms with Crippen LogP contribution in [0.4, 0.5) is 10.6 Å². The van der Waals surface area contributed by atoms with Gasteiger partial charge in [0, 0.05) is 18.0 Å². The molecule has 2 aromatic rings. The maximum Gasteiger partial charge on any atom is 0.417 e. The minimum atomic E-state index is -2.46. The molecule has 6 heteroatoms. The van der Waals surface area contributed by atoms with Gasteiger partial charge in [-0.15, -0.1) is 0 Å². The van der Waals surface area contributed by atoms with Gasteiger partial charge in [-0.05, 0) is 17.9 Å². The summed E-state index contributed by atoms with van der Waals surface area (Å²) >= 11 is 0. The number of rotatable bonds is 5. The van der Waals surface area contributed by atoms with Gasteiger partial charge in [0.05, 0.1) is 0 Å². The van der Waals surface area contributed by atoms with E-state index in [0.29, 0.717) is 6.42 Å². The number of amides is 1. The van der Waals surface area contributed by atoms with Gasteiger partial charge in [-0.3, -0.25) is 5.32 Å². The molecule has 1 heterocycles. The molecule has 0 atom stereocenters. The topological polar surface area (TPSA) is 91.7 Å². The summed E-state index contributed by atoms with van der Waals surface area (Å²) in [7, 11) is 0. The van der Waals surface area contributed by atoms with E-state index in [1.807, 2.05) is 31.2 Å². The highest BCUT2D eigenvalue weighted by molar-refractivity contribution is 5.89. The molecule has 2 rings (SSSR count). The molecule has 0 saturated carbocycles. The Kier molecular flexibility index (Phi) is 4.72. The number of ether oxygens (including phenoxy) is 1. The molecule has 0 unspecified atom stereocenters. The van der Waals surface area contributed by atoms with Crippen molar-refractivity contribution in [2.45, 2.75) is 32.2 Å². The number of aromatic nitrogens is 1. The van der Waals surface area contributed by atoms with Gasteiger partial charge < -0.3 is 14.9 Å². The SMILES string of the molecule is CCCCC(O)(O)OC(=O)Nc1cc2ccccc2cn1. The Morgan fingerprint density at radius 1 is 1.33 bits per heavy atom. The minimum absolute atomic E-state index is 0.0396. The first-order chi connectivity index (χ1) is 10.00. The van der Waals surface area contributed by atoms with Crippen LogP contribution in [0.15, 0.2) is 36.5 Å². The normalized spacial score (nSPS) is 11.4. The highest BCUT2D eigenvalue weighted by atomic mass is 16.8. The number of nitrogens with zero attached hydrogens (tertiary/aromatic N) is 1. The van der Waals surface area contributed by atoms with E-state index in [1.54, 1.807) is 12.3 Å². The lowest BCUT2D eigenvalue weighted by molar-refractivity contribution is -0.308. The van der Waals surface area contributed by atoms with Gasteiger partial charge in [0.25, 0.3) is 0 Å². The summed E-state index contributed by atoms with van der Waals surface area (Å²) in [5.74, 6) is -2.18. The van der Waals surface area contributed by atoms with Crippen molar-refractivity contribution >= 4 is 22.7 Å². The monoisotopic (exact) mass is 290 g/mol. The van der Waals surface area contributed by atoms with Crippen LogP contribution in [0, 0.1) is 0 Å². The molecule has 1 aromatic heterocycles. The van der Waals surface area contributed by atoms with Gasteiger partial charge in [-0.25, -0.2) is 9.78 Å². The van der Waals surface area contributed by atoms with Crippen LogP contribution < -0.4 is 5.32 Å². The van der Waals surface area contributed by atoms with E-state index in [1.165, 1.54) is 0 Å². The van der Waals surface area contributed by atoms with Crippen LogP contribution in [0.3, 0.4) is 0 Å². The maximum absolute atomic E-state index is 11.6. The van der Waals surface area contributed by atoms with E-state index < -0.39 is 12.1 Å². The zero-order valence-electron chi connectivity index (χ0n) is 11.7. The van der Waals surface area contributed by atoms with E-state index in [9.17, 15) is 15.0 Å². The fraction of sp³-hybridized carbons (Fsp3) is 0.333. The Morgan fingerprint density at radius 2 is 2.05 bits per heavy atom. The quantitative estimate of drug-likeness (QED) is 0.736. The molecule has 0 radical (unpaired) electrons. The molecule has 0 saturated heterocycles. The first-order valence-corrected chi connectivity index (χ1v) is 6.80. The number of fused-ring (bicyclic) bond motifs is 1. The van der Waals surface area contributed by atoms with Crippen molar-refractivity contribution in [1.82, 2.24) is 4.98 Å². The molecule has 0 aliphatic heterocycles. The standard InChI is InChI=1S/C15H18N2O4/c1-2-3-8-15(19,20)21-14(18)17-13-9-11-6-4-5-7-12(11)10-16-13/h4-7,9-10,19-20H,2-3,8H2,1H3,(H,16,17,18). The van der Waals surface area contributed by atoms with Crippen molar-refractivity contribution < 1.29 is 19.7 Å². The molecule has 112 valence electrons. The third-order valence-corrected chi connectivity index (χ3v) is 2.97. The number of carbonyl (C=O) groups excluding carboxylic acids is 1. The first kappa shape index (κ1) is 15.2.